The molecule has 0 aliphatic heterocycles. The minimum atomic E-state index is -0.0414. The molecule has 0 aliphatic rings. The molecule has 0 aliphatic carbocycles. The van der Waals surface area contributed by atoms with Crippen molar-refractivity contribution in [1.29, 1.82) is 0 Å². The molecule has 1 amide bonds. The smallest absolute Gasteiger partial charge is 0.255 e. The maximum atomic E-state index is 11.9. The van der Waals surface area contributed by atoms with Crippen LogP contribution in [0, 0.1) is 13.8 Å². The lowest BCUT2D eigenvalue weighted by Crippen LogP contribution is -2.34. The van der Waals surface area contributed by atoms with E-state index >= 15 is 0 Å². The summed E-state index contributed by atoms with van der Waals surface area (Å²) < 4.78 is 0. The molecule has 0 bridgehead atoms. The molecule has 1 atom stereocenters. The SMILES string of the molecule is CSCC(C)NC(=O)c1c(C)n[nH]c1C. The van der Waals surface area contributed by atoms with Gasteiger partial charge in [0.05, 0.1) is 11.3 Å². The zero-order chi connectivity index (χ0) is 11.4. The topological polar surface area (TPSA) is 57.8 Å². The van der Waals surface area contributed by atoms with Crippen LogP contribution in [-0.2, 0) is 0 Å². The van der Waals surface area contributed by atoms with Gasteiger partial charge < -0.3 is 5.32 Å². The maximum Gasteiger partial charge on any atom is 0.255 e. The number of hydrogen-bond acceptors (Lipinski definition) is 3. The van der Waals surface area contributed by atoms with Crippen molar-refractivity contribution in [2.45, 2.75) is 26.8 Å². The number of amides is 1. The van der Waals surface area contributed by atoms with Gasteiger partial charge in [0.1, 0.15) is 0 Å². The number of carbonyl (C=O) groups excluding carboxylic acids is 1. The first kappa shape index (κ1) is 12.1. The highest BCUT2D eigenvalue weighted by molar-refractivity contribution is 7.98. The Morgan fingerprint density at radius 1 is 1.60 bits per heavy atom. The third-order valence-corrected chi connectivity index (χ3v) is 2.98. The second-order valence-corrected chi connectivity index (χ2v) is 4.55. The predicted octanol–water partition coefficient (Wildman–Crippen LogP) is 1.51. The molecule has 0 spiro atoms. The van der Waals surface area contributed by atoms with Crippen molar-refractivity contribution in [3.63, 3.8) is 0 Å². The van der Waals surface area contributed by atoms with Crippen LogP contribution >= 0.6 is 11.8 Å². The van der Waals surface area contributed by atoms with Crippen LogP contribution in [0.4, 0.5) is 0 Å². The molecule has 5 heteroatoms. The Bertz CT molecular complexity index is 329. The van der Waals surface area contributed by atoms with Crippen molar-refractivity contribution >= 4 is 17.7 Å². The van der Waals surface area contributed by atoms with Gasteiger partial charge in [-0.3, -0.25) is 9.89 Å². The zero-order valence-corrected chi connectivity index (χ0v) is 10.4. The van der Waals surface area contributed by atoms with E-state index in [-0.39, 0.29) is 11.9 Å². The Morgan fingerprint density at radius 2 is 2.27 bits per heavy atom. The quantitative estimate of drug-likeness (QED) is 0.819. The van der Waals surface area contributed by atoms with Gasteiger partial charge in [0.25, 0.3) is 5.91 Å². The van der Waals surface area contributed by atoms with Crippen LogP contribution in [0.15, 0.2) is 0 Å². The third-order valence-electron chi connectivity index (χ3n) is 2.15. The van der Waals surface area contributed by atoms with Gasteiger partial charge in [0.15, 0.2) is 0 Å². The Kier molecular flexibility index (Phi) is 4.20. The molecule has 4 nitrogen and oxygen atoms in total. The van der Waals surface area contributed by atoms with Gasteiger partial charge in [0.2, 0.25) is 0 Å². The molecule has 1 heterocycles. The van der Waals surface area contributed by atoms with E-state index in [2.05, 4.69) is 15.5 Å². The predicted molar refractivity (Wildman–Crippen MR) is 63.4 cm³/mol. The van der Waals surface area contributed by atoms with Crippen LogP contribution in [0.2, 0.25) is 0 Å². The molecule has 0 aromatic carbocycles. The van der Waals surface area contributed by atoms with E-state index in [0.717, 1.165) is 17.1 Å². The molecule has 0 saturated carbocycles. The number of carbonyl (C=O) groups is 1. The van der Waals surface area contributed by atoms with Gasteiger partial charge >= 0.3 is 0 Å². The van der Waals surface area contributed by atoms with Gasteiger partial charge in [0, 0.05) is 17.5 Å². The number of aromatic amines is 1. The molecule has 2 N–H and O–H groups in total. The Hall–Kier alpha value is -0.970. The average molecular weight is 227 g/mol. The lowest BCUT2D eigenvalue weighted by Gasteiger charge is -2.12. The second kappa shape index (κ2) is 5.21. The number of hydrogen-bond donors (Lipinski definition) is 2. The normalized spacial score (nSPS) is 12.5. The van der Waals surface area contributed by atoms with E-state index in [9.17, 15) is 4.79 Å². The highest BCUT2D eigenvalue weighted by atomic mass is 32.2. The summed E-state index contributed by atoms with van der Waals surface area (Å²) in [6.45, 7) is 5.69. The summed E-state index contributed by atoms with van der Waals surface area (Å²) >= 11 is 1.72. The molecular weight excluding hydrogens is 210 g/mol. The average Bonchev–Trinajstić information content (AvgIpc) is 2.46. The van der Waals surface area contributed by atoms with Gasteiger partial charge in [-0.25, -0.2) is 0 Å². The molecule has 15 heavy (non-hydrogen) atoms. The van der Waals surface area contributed by atoms with Gasteiger partial charge in [-0.05, 0) is 27.0 Å². The summed E-state index contributed by atoms with van der Waals surface area (Å²) in [7, 11) is 0. The van der Waals surface area contributed by atoms with E-state index in [0.29, 0.717) is 5.56 Å². The lowest BCUT2D eigenvalue weighted by atomic mass is 10.2. The van der Waals surface area contributed by atoms with E-state index in [1.54, 1.807) is 11.8 Å². The summed E-state index contributed by atoms with van der Waals surface area (Å²) in [5, 5.41) is 9.75. The molecule has 1 aromatic rings. The third kappa shape index (κ3) is 2.99. The monoisotopic (exact) mass is 227 g/mol. The number of rotatable bonds is 4. The first-order valence-electron chi connectivity index (χ1n) is 4.87. The highest BCUT2D eigenvalue weighted by Gasteiger charge is 2.16. The van der Waals surface area contributed by atoms with E-state index in [1.807, 2.05) is 27.0 Å². The minimum Gasteiger partial charge on any atom is -0.349 e. The van der Waals surface area contributed by atoms with Crippen LogP contribution in [0.5, 0.6) is 0 Å². The van der Waals surface area contributed by atoms with Crippen molar-refractivity contribution in [2.24, 2.45) is 0 Å². The van der Waals surface area contributed by atoms with Crippen molar-refractivity contribution in [3.8, 4) is 0 Å². The fourth-order valence-corrected chi connectivity index (χ4v) is 2.06. The van der Waals surface area contributed by atoms with Gasteiger partial charge in [-0.1, -0.05) is 0 Å². The number of aromatic nitrogens is 2. The maximum absolute atomic E-state index is 11.9. The molecule has 84 valence electrons. The molecule has 1 aromatic heterocycles. The van der Waals surface area contributed by atoms with Crippen LogP contribution in [-0.4, -0.2) is 34.2 Å². The van der Waals surface area contributed by atoms with Crippen LogP contribution < -0.4 is 5.32 Å². The van der Waals surface area contributed by atoms with E-state index in [4.69, 9.17) is 0 Å². The van der Waals surface area contributed by atoms with Crippen molar-refractivity contribution in [2.75, 3.05) is 12.0 Å². The molecule has 1 rings (SSSR count). The van der Waals surface area contributed by atoms with Gasteiger partial charge in [-0.15, -0.1) is 0 Å². The summed E-state index contributed by atoms with van der Waals surface area (Å²) in [5.74, 6) is 0.877. The molecule has 1 unspecified atom stereocenters. The second-order valence-electron chi connectivity index (χ2n) is 3.64. The summed E-state index contributed by atoms with van der Waals surface area (Å²) in [6.07, 6.45) is 2.02. The molecule has 0 fully saturated rings. The van der Waals surface area contributed by atoms with Crippen molar-refractivity contribution in [3.05, 3.63) is 17.0 Å². The first-order chi connectivity index (χ1) is 7.06. The number of nitrogens with zero attached hydrogens (tertiary/aromatic N) is 1. The number of aryl methyl sites for hydroxylation is 2. The number of thioether (sulfide) groups is 1. The van der Waals surface area contributed by atoms with Crippen molar-refractivity contribution < 1.29 is 4.79 Å². The molecule has 0 radical (unpaired) electrons. The lowest BCUT2D eigenvalue weighted by molar-refractivity contribution is 0.0942. The Balaban J connectivity index is 2.69. The summed E-state index contributed by atoms with van der Waals surface area (Å²) in [6, 6.07) is 0.182. The van der Waals surface area contributed by atoms with Crippen LogP contribution in [0.1, 0.15) is 28.7 Å². The standard InChI is InChI=1S/C10H17N3OS/c1-6(5-15-4)11-10(14)9-7(2)12-13-8(9)3/h6H,5H2,1-4H3,(H,11,14)(H,12,13). The van der Waals surface area contributed by atoms with E-state index < -0.39 is 0 Å². The largest absolute Gasteiger partial charge is 0.349 e. The van der Waals surface area contributed by atoms with Crippen LogP contribution in [0.3, 0.4) is 0 Å². The fourth-order valence-electron chi connectivity index (χ4n) is 1.47. The number of H-pyrrole nitrogens is 1. The number of nitrogens with one attached hydrogen (secondary N) is 2. The summed E-state index contributed by atoms with van der Waals surface area (Å²) in [5.41, 5.74) is 2.24. The molecular formula is C10H17N3OS. The fraction of sp³-hybridized carbons (Fsp3) is 0.600. The Labute approximate surface area is 94.2 Å². The van der Waals surface area contributed by atoms with E-state index in [1.165, 1.54) is 0 Å². The first-order valence-corrected chi connectivity index (χ1v) is 6.27. The minimum absolute atomic E-state index is 0.0414. The van der Waals surface area contributed by atoms with Crippen molar-refractivity contribution in [1.82, 2.24) is 15.5 Å². The zero-order valence-electron chi connectivity index (χ0n) is 9.55. The summed E-state index contributed by atoms with van der Waals surface area (Å²) in [4.78, 5) is 11.9. The highest BCUT2D eigenvalue weighted by Crippen LogP contribution is 2.09. The Morgan fingerprint density at radius 3 is 2.73 bits per heavy atom. The molecule has 0 saturated heterocycles. The van der Waals surface area contributed by atoms with Gasteiger partial charge in [-0.2, -0.15) is 16.9 Å². The van der Waals surface area contributed by atoms with Crippen LogP contribution in [0.25, 0.3) is 0 Å².